The van der Waals surface area contributed by atoms with E-state index >= 15 is 0 Å². The second-order valence-electron chi connectivity index (χ2n) is 29.8. The molecule has 0 fully saturated rings. The van der Waals surface area contributed by atoms with Crippen LogP contribution in [0.1, 0.15) is 289 Å². The van der Waals surface area contributed by atoms with E-state index in [4.69, 9.17) is 0 Å². The van der Waals surface area contributed by atoms with Gasteiger partial charge in [-0.25, -0.2) is 35.1 Å². The van der Waals surface area contributed by atoms with Crippen LogP contribution < -0.4 is 0 Å². The third kappa shape index (κ3) is 133. The average molecular weight is 1770 g/mol. The van der Waals surface area contributed by atoms with Gasteiger partial charge < -0.3 is 0 Å². The van der Waals surface area contributed by atoms with Crippen molar-refractivity contribution in [2.75, 3.05) is 14.4 Å². The summed E-state index contributed by atoms with van der Waals surface area (Å²) in [5, 5.41) is 0. The van der Waals surface area contributed by atoms with E-state index in [9.17, 15) is 180 Å². The zero-order valence-corrected chi connectivity index (χ0v) is 70.9. The Labute approximate surface area is 641 Å². The third-order valence-corrected chi connectivity index (χ3v) is 10.7. The molecule has 112 heavy (non-hydrogen) atoms. The number of allylic oxidation sites excluding steroid dienone is 2. The second-order valence-corrected chi connectivity index (χ2v) is 29.8. The Morgan fingerprint density at radius 1 is 0.312 bits per heavy atom. The molecule has 3 atom stereocenters. The molecule has 3 unspecified atom stereocenters. The van der Waals surface area contributed by atoms with Crippen molar-refractivity contribution in [3.05, 3.63) is 23.3 Å². The number of rotatable bonds is 6. The van der Waals surface area contributed by atoms with Crippen molar-refractivity contribution in [3.63, 3.8) is 0 Å². The fraction of sp³-hybridized carbons (Fsp3) is 0.944. The lowest BCUT2D eigenvalue weighted by Gasteiger charge is -2.29. The molecule has 0 nitrogen and oxygen atoms in total. The summed E-state index contributed by atoms with van der Waals surface area (Å²) in [6, 6.07) is 0. The summed E-state index contributed by atoms with van der Waals surface area (Å²) in [6.45, 7) is 48.1. The zero-order valence-electron chi connectivity index (χ0n) is 70.9. The fourth-order valence-electron chi connectivity index (χ4n) is 0.987. The maximum atomic E-state index is 12.2. The molecule has 0 aliphatic heterocycles. The molecule has 704 valence electrons. The van der Waals surface area contributed by atoms with Crippen LogP contribution in [-0.4, -0.2) is 104 Å². The molecule has 41 heteroatoms. The predicted molar refractivity (Wildman–Crippen MR) is 371 cm³/mol. The van der Waals surface area contributed by atoms with Crippen LogP contribution in [0.3, 0.4) is 0 Å². The lowest BCUT2D eigenvalue weighted by atomic mass is 9.92. The van der Waals surface area contributed by atoms with E-state index in [1.54, 1.807) is 13.8 Å². The van der Waals surface area contributed by atoms with E-state index in [-0.39, 0.29) is 40.2 Å². The van der Waals surface area contributed by atoms with Gasteiger partial charge in [0, 0.05) is 11.8 Å². The Hall–Kier alpha value is -3.39. The molecular formula is C71H133F41. The average Bonchev–Trinajstić information content (AvgIpc) is 0.791. The molecule has 0 heterocycles. The first-order valence-corrected chi connectivity index (χ1v) is 32.9. The van der Waals surface area contributed by atoms with Crippen LogP contribution in [0.2, 0.25) is 0 Å². The number of halogens is 41. The van der Waals surface area contributed by atoms with Gasteiger partial charge in [0.15, 0.2) is 11.1 Å². The maximum absolute atomic E-state index is 12.2. The van der Waals surface area contributed by atoms with Gasteiger partial charge in [-0.3, -0.25) is 8.78 Å². The minimum atomic E-state index is -5.24. The van der Waals surface area contributed by atoms with Gasteiger partial charge in [-0.05, 0) is 147 Å². The van der Waals surface area contributed by atoms with E-state index in [1.165, 1.54) is 75.2 Å². The summed E-state index contributed by atoms with van der Waals surface area (Å²) < 4.78 is 467. The highest BCUT2D eigenvalue weighted by molar-refractivity contribution is 5.05. The molecule has 0 aromatic rings. The van der Waals surface area contributed by atoms with Crippen molar-refractivity contribution in [1.29, 1.82) is 0 Å². The lowest BCUT2D eigenvalue weighted by Crippen LogP contribution is -2.44. The Morgan fingerprint density at radius 3 is 0.500 bits per heavy atom. The van der Waals surface area contributed by atoms with Crippen molar-refractivity contribution in [1.82, 2.24) is 0 Å². The summed E-state index contributed by atoms with van der Waals surface area (Å²) >= 11 is 0. The van der Waals surface area contributed by atoms with Crippen molar-refractivity contribution in [2.45, 2.75) is 379 Å². The van der Waals surface area contributed by atoms with E-state index < -0.39 is 149 Å². The van der Waals surface area contributed by atoms with E-state index in [0.29, 0.717) is 60.8 Å². The van der Waals surface area contributed by atoms with Gasteiger partial charge in [-0.2, -0.15) is 136 Å². The SMILES string of the molecule is C.CC(=C(F)F)C(F)(F)F.CC(C(C)(F)F)C(F)(F)F.CC(C)(C(F)(F)F)C(F)(F)F.CC(C)(C)C.CC(C)(C)C(F)(F)F.CC(C)(C)F.CC(C)(F)C(F)(F)F.CC(C)=C(F)F.CC(C)C.CC(C)C(C)(F)F.CC(C)C(F)(F)F.CCC(C)(C)F.CCC(C)(F)C(F)(F)F.CCC(C)C(F)(F)F.CCCC.CF.CF. The largest absolute Gasteiger partial charge is 0.422 e. The van der Waals surface area contributed by atoms with Crippen LogP contribution in [0.15, 0.2) is 23.3 Å². The molecule has 0 saturated heterocycles. The summed E-state index contributed by atoms with van der Waals surface area (Å²) in [6.07, 6.45) is -43.1. The number of hydrogen-bond acceptors (Lipinski definition) is 0. The Bertz CT molecular complexity index is 1950. The summed E-state index contributed by atoms with van der Waals surface area (Å²) in [5.74, 6) is -10.8. The van der Waals surface area contributed by atoms with E-state index in [2.05, 4.69) is 62.3 Å². The van der Waals surface area contributed by atoms with Gasteiger partial charge in [-0.1, -0.05) is 159 Å². The first kappa shape index (κ1) is 153. The Balaban J connectivity index is -0.0000000530. The van der Waals surface area contributed by atoms with Gasteiger partial charge in [0.05, 0.1) is 31.3 Å². The molecule has 0 aliphatic rings. The molecular weight excluding hydrogens is 1630 g/mol. The molecule has 0 N–H and O–H groups in total. The van der Waals surface area contributed by atoms with Crippen molar-refractivity contribution < 1.29 is 180 Å². The first-order valence-electron chi connectivity index (χ1n) is 32.9. The zero-order chi connectivity index (χ0) is 96.7. The van der Waals surface area contributed by atoms with Crippen LogP contribution >= 0.6 is 0 Å². The number of unbranched alkanes of at least 4 members (excludes halogenated alkanes) is 1. The van der Waals surface area contributed by atoms with Crippen molar-refractivity contribution >= 4 is 0 Å². The molecule has 0 aliphatic carbocycles. The smallest absolute Gasteiger partial charge is 0.255 e. The molecule has 0 radical (unpaired) electrons. The molecule has 0 bridgehead atoms. The normalized spacial score (nSPS) is 13.1. The van der Waals surface area contributed by atoms with Crippen molar-refractivity contribution in [3.8, 4) is 0 Å². The summed E-state index contributed by atoms with van der Waals surface area (Å²) in [7, 11) is 1.00. The molecule has 0 aromatic carbocycles. The Morgan fingerprint density at radius 2 is 0.500 bits per heavy atom. The van der Waals surface area contributed by atoms with Crippen LogP contribution in [-0.2, 0) is 0 Å². The summed E-state index contributed by atoms with van der Waals surface area (Å²) in [4.78, 5) is 0. The second kappa shape index (κ2) is 65.5. The highest BCUT2D eigenvalue weighted by Crippen LogP contribution is 2.49. The third-order valence-electron chi connectivity index (χ3n) is 10.7. The first-order chi connectivity index (χ1) is 47.0. The molecule has 0 rings (SSSR count). The molecule has 0 aromatic heterocycles. The van der Waals surface area contributed by atoms with Crippen LogP contribution in [0.25, 0.3) is 0 Å². The molecule has 0 saturated carbocycles. The van der Waals surface area contributed by atoms with E-state index in [0.717, 1.165) is 54.4 Å². The van der Waals surface area contributed by atoms with Crippen LogP contribution in [0, 0.1) is 45.8 Å². The monoisotopic (exact) mass is 1760 g/mol. The summed E-state index contributed by atoms with van der Waals surface area (Å²) in [5.41, 5.74) is -14.5. The quantitative estimate of drug-likeness (QED) is 0.233. The van der Waals surface area contributed by atoms with E-state index in [1.807, 2.05) is 6.92 Å². The van der Waals surface area contributed by atoms with Crippen LogP contribution in [0.5, 0.6) is 0 Å². The van der Waals surface area contributed by atoms with Crippen molar-refractivity contribution in [2.24, 2.45) is 45.8 Å². The molecule has 0 amide bonds. The Kier molecular flexibility index (Phi) is 89.6. The lowest BCUT2D eigenvalue weighted by molar-refractivity contribution is -0.327. The standard InChI is InChI=1S/C5H6F6.C5H7F5.C5H8F4.2C5H9F3.C5H10F2.C5H11F.C5H12.C4H3F5.C4H6F4.C4H7F3.C4H6F2.C4H9F.2C4H10.2CH3F.CH4/c1-3(2,4(6,7)8)5(9,10)11;1-3(4(2,6)7)5(8,9)10;1-3-4(2,6)5(7,8)9;1-4(2,3)5(6,7)8;1-3-4(2)5(6,7)8;1-4(2)5(3,6)7;1-4-5(2,3)6;1-5(2,3)4;1-2(3(5)6)4(7,8)9;1-3(2,5)4(6,7)8;1-3(2)4(5,6)7;1-3(2)4(5)6;1-4(2,3)5;1-4(2)3;1-3-4-2;2*1-2;/h1-2H3;3H,1-2H3;3H2,1-2H3;1-3H3;4H,3H2,1-2H3;4H,1-3H3;4H2,1-3H3;1-4H3;1H3;1-2H3;3H,1-2H3;1-2H3;1-3H3;4H,1-3H3;3-4H2,1-2H3;2*1H3;1H4. The molecule has 0 spiro atoms. The van der Waals surface area contributed by atoms with Gasteiger partial charge >= 0.3 is 55.6 Å². The highest BCUT2D eigenvalue weighted by atomic mass is 19.5. The maximum Gasteiger partial charge on any atom is 0.422 e. The fourth-order valence-corrected chi connectivity index (χ4v) is 0.987. The topological polar surface area (TPSA) is 0 Å². The minimum absolute atomic E-state index is 0. The van der Waals surface area contributed by atoms with Crippen LogP contribution in [0.4, 0.5) is 180 Å². The minimum Gasteiger partial charge on any atom is -0.255 e. The predicted octanol–water partition coefficient (Wildman–Crippen LogP) is 36.8. The highest BCUT2D eigenvalue weighted by Gasteiger charge is 2.64. The number of hydrogen-bond donors (Lipinski definition) is 0. The number of alkyl halides is 37. The van der Waals surface area contributed by atoms with Gasteiger partial charge in [0.1, 0.15) is 17.3 Å². The van der Waals surface area contributed by atoms with Gasteiger partial charge in [0.25, 0.3) is 18.1 Å². The van der Waals surface area contributed by atoms with Gasteiger partial charge in [-0.15, -0.1) is 0 Å². The van der Waals surface area contributed by atoms with Gasteiger partial charge in [0.2, 0.25) is 11.6 Å².